The van der Waals surface area contributed by atoms with Crippen molar-refractivity contribution in [3.05, 3.63) is 0 Å². The lowest BCUT2D eigenvalue weighted by atomic mass is 9.99. The number of hydrogen-bond donors (Lipinski definition) is 3. The summed E-state index contributed by atoms with van der Waals surface area (Å²) in [5.41, 5.74) is 0. The van der Waals surface area contributed by atoms with Crippen molar-refractivity contribution in [2.75, 3.05) is 39.6 Å². The lowest BCUT2D eigenvalue weighted by Gasteiger charge is -2.21. The molecule has 0 fully saturated rings. The van der Waals surface area contributed by atoms with E-state index in [-0.39, 0.29) is 25.7 Å². The van der Waals surface area contributed by atoms with E-state index < -0.39 is 97.5 Å². The van der Waals surface area contributed by atoms with Crippen LogP contribution >= 0.6 is 15.6 Å². The van der Waals surface area contributed by atoms with Gasteiger partial charge in [0, 0.05) is 25.7 Å². The van der Waals surface area contributed by atoms with Crippen molar-refractivity contribution < 1.29 is 80.2 Å². The molecule has 3 N–H and O–H groups in total. The normalized spacial score (nSPS) is 14.4. The smallest absolute Gasteiger partial charge is 0.462 e. The van der Waals surface area contributed by atoms with E-state index in [4.69, 9.17) is 37.0 Å². The van der Waals surface area contributed by atoms with Crippen molar-refractivity contribution in [2.45, 2.75) is 407 Å². The van der Waals surface area contributed by atoms with Crippen molar-refractivity contribution in [2.24, 2.45) is 17.8 Å². The minimum absolute atomic E-state index is 0.103. The number of aliphatic hydroxyl groups excluding tert-OH is 1. The number of phosphoric ester groups is 2. The quantitative estimate of drug-likeness (QED) is 0.0222. The summed E-state index contributed by atoms with van der Waals surface area (Å²) in [6.45, 7) is 11.9. The molecule has 17 nitrogen and oxygen atoms in total. The van der Waals surface area contributed by atoms with Gasteiger partial charge in [0.05, 0.1) is 26.4 Å². The largest absolute Gasteiger partial charge is 0.472 e. The van der Waals surface area contributed by atoms with Crippen LogP contribution in [-0.2, 0) is 65.4 Å². The molecule has 0 aliphatic heterocycles. The number of unbranched alkanes of at least 4 members (excludes halogenated alkanes) is 41. The average Bonchev–Trinajstić information content (AvgIpc) is 1.73. The Kier molecular flexibility index (Phi) is 65.2. The van der Waals surface area contributed by atoms with Gasteiger partial charge < -0.3 is 33.8 Å². The highest BCUT2D eigenvalue weighted by atomic mass is 31.2. The third kappa shape index (κ3) is 69.0. The van der Waals surface area contributed by atoms with Gasteiger partial charge in [-0.2, -0.15) is 0 Å². The Balaban J connectivity index is 5.15. The Labute approximate surface area is 581 Å². The van der Waals surface area contributed by atoms with Crippen LogP contribution in [0, 0.1) is 17.8 Å². The fourth-order valence-corrected chi connectivity index (χ4v) is 13.1. The Bertz CT molecular complexity index is 1850. The molecule has 3 unspecified atom stereocenters. The second-order valence-electron chi connectivity index (χ2n) is 28.6. The highest BCUT2D eigenvalue weighted by Crippen LogP contribution is 2.45. The highest BCUT2D eigenvalue weighted by molar-refractivity contribution is 7.47. The first-order valence-electron chi connectivity index (χ1n) is 39.4. The van der Waals surface area contributed by atoms with E-state index in [9.17, 15) is 43.2 Å². The minimum atomic E-state index is -4.96. The lowest BCUT2D eigenvalue weighted by molar-refractivity contribution is -0.161. The SMILES string of the molecule is CCCCCCCCCC(=O)OC[C@H](COP(=O)(O)OC[C@H](O)COP(=O)(O)OC[C@@H](COC(=O)CCCCCCCCCCCCCCCC(C)C)OC(=O)CCCCCCCCCCCCCCCCCCCCC(C)CC)OC(=O)CCCCCCCCCC(C)C. The number of carbonyl (C=O) groups is 4. The Hall–Kier alpha value is -1.94. The van der Waals surface area contributed by atoms with Gasteiger partial charge in [-0.1, -0.05) is 337 Å². The predicted molar refractivity (Wildman–Crippen MR) is 386 cm³/mol. The average molecular weight is 1400 g/mol. The van der Waals surface area contributed by atoms with Crippen molar-refractivity contribution in [1.29, 1.82) is 0 Å². The van der Waals surface area contributed by atoms with E-state index in [1.807, 2.05) is 0 Å². The van der Waals surface area contributed by atoms with Crippen LogP contribution in [0.4, 0.5) is 0 Å². The van der Waals surface area contributed by atoms with Crippen LogP contribution in [0.3, 0.4) is 0 Å². The molecule has 0 rings (SSSR count). The number of carbonyl (C=O) groups excluding carboxylic acids is 4. The highest BCUT2D eigenvalue weighted by Gasteiger charge is 2.30. The third-order valence-electron chi connectivity index (χ3n) is 18.0. The van der Waals surface area contributed by atoms with Gasteiger partial charge in [-0.3, -0.25) is 37.3 Å². The first-order chi connectivity index (χ1) is 45.8. The summed E-state index contributed by atoms with van der Waals surface area (Å²) in [5, 5.41) is 10.6. The summed E-state index contributed by atoms with van der Waals surface area (Å²) in [7, 11) is -9.90. The van der Waals surface area contributed by atoms with Crippen LogP contribution in [-0.4, -0.2) is 96.7 Å². The fraction of sp³-hybridized carbons (Fsp3) is 0.947. The molecule has 0 saturated carbocycles. The van der Waals surface area contributed by atoms with E-state index in [0.29, 0.717) is 31.6 Å². The van der Waals surface area contributed by atoms with E-state index in [1.165, 1.54) is 186 Å². The molecule has 0 aliphatic rings. The molecule has 95 heavy (non-hydrogen) atoms. The Morgan fingerprint density at radius 2 is 0.537 bits per heavy atom. The molecule has 564 valence electrons. The summed E-state index contributed by atoms with van der Waals surface area (Å²) < 4.78 is 68.3. The van der Waals surface area contributed by atoms with Crippen LogP contribution in [0.25, 0.3) is 0 Å². The molecule has 0 amide bonds. The lowest BCUT2D eigenvalue weighted by Crippen LogP contribution is -2.30. The van der Waals surface area contributed by atoms with Crippen LogP contribution in [0.2, 0.25) is 0 Å². The molecule has 0 bridgehead atoms. The van der Waals surface area contributed by atoms with Gasteiger partial charge in [0.2, 0.25) is 0 Å². The van der Waals surface area contributed by atoms with Crippen molar-refractivity contribution >= 4 is 39.5 Å². The number of aliphatic hydroxyl groups is 1. The summed E-state index contributed by atoms with van der Waals surface area (Å²) >= 11 is 0. The second-order valence-corrected chi connectivity index (χ2v) is 31.5. The molecule has 0 heterocycles. The number of ether oxygens (including phenoxy) is 4. The monoisotopic (exact) mass is 1400 g/mol. The summed E-state index contributed by atoms with van der Waals surface area (Å²) in [6, 6.07) is 0. The molecule has 0 aliphatic carbocycles. The summed E-state index contributed by atoms with van der Waals surface area (Å²) in [5.74, 6) is 0.233. The Morgan fingerprint density at radius 3 is 0.800 bits per heavy atom. The second kappa shape index (κ2) is 66.6. The maximum Gasteiger partial charge on any atom is 0.472 e. The standard InChI is InChI=1S/C76H148O17P2/c1-8-10-11-12-33-43-50-57-73(78)86-63-71(93-76(81)60-53-46-39-32-35-41-48-55-68(5)6)65-90-94(82,83)88-61-70(77)62-89-95(84,85)91-66-72(64-87-74(79)58-51-44-37-30-26-23-19-20-24-28-34-40-47-54-67(3)4)92-75(80)59-52-45-38-31-27-22-18-16-14-13-15-17-21-25-29-36-42-49-56-69(7)9-2/h67-72,77H,8-66H2,1-7H3,(H,82,83)(H,84,85)/t69?,70-,71+,72+/m0/s1. The van der Waals surface area contributed by atoms with E-state index in [1.54, 1.807) is 0 Å². The number of hydrogen-bond acceptors (Lipinski definition) is 15. The van der Waals surface area contributed by atoms with Crippen molar-refractivity contribution in [1.82, 2.24) is 0 Å². The van der Waals surface area contributed by atoms with Gasteiger partial charge >= 0.3 is 39.5 Å². The van der Waals surface area contributed by atoms with Gasteiger partial charge in [-0.15, -0.1) is 0 Å². The number of phosphoric acid groups is 2. The first-order valence-corrected chi connectivity index (χ1v) is 42.4. The molecule has 6 atom stereocenters. The minimum Gasteiger partial charge on any atom is -0.462 e. The maximum absolute atomic E-state index is 13.1. The maximum atomic E-state index is 13.1. The van der Waals surface area contributed by atoms with Gasteiger partial charge in [-0.25, -0.2) is 9.13 Å². The van der Waals surface area contributed by atoms with Crippen LogP contribution in [0.1, 0.15) is 389 Å². The van der Waals surface area contributed by atoms with Crippen LogP contribution in [0.5, 0.6) is 0 Å². The van der Waals surface area contributed by atoms with Gasteiger partial charge in [0.15, 0.2) is 12.2 Å². The molecule has 0 aromatic heterocycles. The molecule has 0 saturated heterocycles. The van der Waals surface area contributed by atoms with Crippen LogP contribution < -0.4 is 0 Å². The van der Waals surface area contributed by atoms with Crippen LogP contribution in [0.15, 0.2) is 0 Å². The van der Waals surface area contributed by atoms with Gasteiger partial charge in [0.25, 0.3) is 0 Å². The molecular weight excluding hydrogens is 1250 g/mol. The van der Waals surface area contributed by atoms with Gasteiger partial charge in [0.1, 0.15) is 19.3 Å². The fourth-order valence-electron chi connectivity index (χ4n) is 11.6. The van der Waals surface area contributed by atoms with Crippen molar-refractivity contribution in [3.63, 3.8) is 0 Å². The zero-order valence-corrected chi connectivity index (χ0v) is 63.9. The van der Waals surface area contributed by atoms with E-state index in [2.05, 4.69) is 48.5 Å². The number of rotatable bonds is 74. The topological polar surface area (TPSA) is 237 Å². The van der Waals surface area contributed by atoms with E-state index >= 15 is 0 Å². The zero-order valence-electron chi connectivity index (χ0n) is 62.1. The molecule has 0 radical (unpaired) electrons. The molecular formula is C76H148O17P2. The molecule has 19 heteroatoms. The molecule has 0 spiro atoms. The predicted octanol–water partition coefficient (Wildman–Crippen LogP) is 22.2. The first kappa shape index (κ1) is 93.1. The molecule has 0 aromatic carbocycles. The zero-order chi connectivity index (χ0) is 70.1. The van der Waals surface area contributed by atoms with Gasteiger partial charge in [-0.05, 0) is 43.4 Å². The Morgan fingerprint density at radius 1 is 0.305 bits per heavy atom. The summed E-state index contributed by atoms with van der Waals surface area (Å²) in [6.07, 6.45) is 53.1. The van der Waals surface area contributed by atoms with E-state index in [0.717, 1.165) is 115 Å². The summed E-state index contributed by atoms with van der Waals surface area (Å²) in [4.78, 5) is 72.6. The van der Waals surface area contributed by atoms with Crippen molar-refractivity contribution in [3.8, 4) is 0 Å². The number of esters is 4. The molecule has 0 aromatic rings. The third-order valence-corrected chi connectivity index (χ3v) is 19.9.